The van der Waals surface area contributed by atoms with Crippen molar-refractivity contribution in [2.75, 3.05) is 0 Å². The molecule has 1 aromatic heterocycles. The Morgan fingerprint density at radius 2 is 1.39 bits per heavy atom. The first-order valence-electron chi connectivity index (χ1n) is 7.63. The monoisotopic (exact) mass is 297 g/mol. The van der Waals surface area contributed by atoms with E-state index in [-0.39, 0.29) is 5.78 Å². The van der Waals surface area contributed by atoms with Crippen molar-refractivity contribution < 1.29 is 4.79 Å². The highest BCUT2D eigenvalue weighted by molar-refractivity contribution is 6.10. The number of hydrogen-bond donors (Lipinski definition) is 0. The lowest BCUT2D eigenvalue weighted by atomic mass is 9.94. The van der Waals surface area contributed by atoms with Crippen molar-refractivity contribution in [2.24, 2.45) is 0 Å². The second-order valence-electron chi connectivity index (χ2n) is 5.66. The Kier molecular flexibility index (Phi) is 3.16. The highest BCUT2D eigenvalue weighted by atomic mass is 16.1. The third-order valence-corrected chi connectivity index (χ3v) is 4.15. The van der Waals surface area contributed by atoms with Gasteiger partial charge in [0.05, 0.1) is 11.0 Å². The van der Waals surface area contributed by atoms with E-state index in [1.165, 1.54) is 0 Å². The van der Waals surface area contributed by atoms with Gasteiger partial charge in [-0.15, -0.1) is 0 Å². The highest BCUT2D eigenvalue weighted by Crippen LogP contribution is 2.34. The van der Waals surface area contributed by atoms with Gasteiger partial charge < -0.3 is 0 Å². The van der Waals surface area contributed by atoms with E-state index >= 15 is 0 Å². The number of hydrogen-bond acceptors (Lipinski definition) is 2. The summed E-state index contributed by atoms with van der Waals surface area (Å²) in [5.74, 6) is 0.0783. The second kappa shape index (κ2) is 5.33. The molecular weight excluding hydrogens is 282 g/mol. The van der Waals surface area contributed by atoms with Gasteiger partial charge in [0.25, 0.3) is 0 Å². The molecule has 4 aromatic rings. The van der Waals surface area contributed by atoms with Crippen LogP contribution in [0.3, 0.4) is 0 Å². The summed E-state index contributed by atoms with van der Waals surface area (Å²) >= 11 is 0. The molecule has 0 saturated carbocycles. The first-order valence-corrected chi connectivity index (χ1v) is 7.63. The Labute approximate surface area is 134 Å². The maximum Gasteiger partial charge on any atom is 0.159 e. The Morgan fingerprint density at radius 3 is 2.00 bits per heavy atom. The number of nitrogens with zero attached hydrogens (tertiary/aromatic N) is 1. The van der Waals surface area contributed by atoms with Gasteiger partial charge in [-0.3, -0.25) is 4.79 Å². The quantitative estimate of drug-likeness (QED) is 0.373. The van der Waals surface area contributed by atoms with E-state index in [0.717, 1.165) is 38.5 Å². The van der Waals surface area contributed by atoms with Crippen molar-refractivity contribution in [1.82, 2.24) is 4.98 Å². The first kappa shape index (κ1) is 13.6. The molecule has 1 heterocycles. The lowest BCUT2D eigenvalue weighted by Crippen LogP contribution is -1.93. The van der Waals surface area contributed by atoms with Crippen LogP contribution in [0, 0.1) is 0 Å². The highest BCUT2D eigenvalue weighted by Gasteiger charge is 2.11. The normalized spacial score (nSPS) is 11.0. The minimum absolute atomic E-state index is 0.0783. The number of aromatic nitrogens is 1. The van der Waals surface area contributed by atoms with Crippen LogP contribution in [-0.2, 0) is 0 Å². The third kappa shape index (κ3) is 2.29. The molecule has 23 heavy (non-hydrogen) atoms. The molecule has 4 rings (SSSR count). The summed E-state index contributed by atoms with van der Waals surface area (Å²) in [6, 6.07) is 24.1. The van der Waals surface area contributed by atoms with Crippen LogP contribution in [0.25, 0.3) is 32.9 Å². The SMILES string of the molecule is CC(=O)c1cccc(-c2c3ccccc3nc3ccccc23)c1. The molecule has 0 fully saturated rings. The van der Waals surface area contributed by atoms with E-state index in [4.69, 9.17) is 4.98 Å². The molecule has 0 aliphatic heterocycles. The van der Waals surface area contributed by atoms with Crippen LogP contribution in [0.4, 0.5) is 0 Å². The number of benzene rings is 3. The van der Waals surface area contributed by atoms with Crippen LogP contribution in [0.2, 0.25) is 0 Å². The smallest absolute Gasteiger partial charge is 0.159 e. The molecule has 2 heteroatoms. The number of fused-ring (bicyclic) bond motifs is 2. The number of rotatable bonds is 2. The van der Waals surface area contributed by atoms with Crippen LogP contribution in [0.5, 0.6) is 0 Å². The summed E-state index contributed by atoms with van der Waals surface area (Å²) in [5, 5.41) is 2.21. The standard InChI is InChI=1S/C21H15NO/c1-14(23)15-7-6-8-16(13-15)21-17-9-2-4-11-19(17)22-20-12-5-3-10-18(20)21/h2-13H,1H3. The minimum Gasteiger partial charge on any atom is -0.295 e. The molecular formula is C21H15NO. The van der Waals surface area contributed by atoms with Crippen molar-refractivity contribution in [3.63, 3.8) is 0 Å². The van der Waals surface area contributed by atoms with Gasteiger partial charge in [-0.25, -0.2) is 4.98 Å². The summed E-state index contributed by atoms with van der Waals surface area (Å²) in [6.07, 6.45) is 0. The van der Waals surface area contributed by atoms with Gasteiger partial charge in [0.15, 0.2) is 5.78 Å². The zero-order chi connectivity index (χ0) is 15.8. The van der Waals surface area contributed by atoms with Gasteiger partial charge in [-0.05, 0) is 30.7 Å². The van der Waals surface area contributed by atoms with E-state index in [2.05, 4.69) is 18.2 Å². The first-order chi connectivity index (χ1) is 11.2. The average molecular weight is 297 g/mol. The van der Waals surface area contributed by atoms with Crippen molar-refractivity contribution in [3.8, 4) is 11.1 Å². The van der Waals surface area contributed by atoms with E-state index in [9.17, 15) is 4.79 Å². The van der Waals surface area contributed by atoms with E-state index in [0.29, 0.717) is 0 Å². The molecule has 110 valence electrons. The van der Waals surface area contributed by atoms with E-state index < -0.39 is 0 Å². The summed E-state index contributed by atoms with van der Waals surface area (Å²) in [6.45, 7) is 1.60. The molecule has 0 aliphatic rings. The fraction of sp³-hybridized carbons (Fsp3) is 0.0476. The summed E-state index contributed by atoms with van der Waals surface area (Å²) in [4.78, 5) is 16.5. The van der Waals surface area contributed by atoms with Crippen molar-refractivity contribution in [2.45, 2.75) is 6.92 Å². The van der Waals surface area contributed by atoms with Crippen LogP contribution in [0.15, 0.2) is 72.8 Å². The maximum atomic E-state index is 11.7. The number of carbonyl (C=O) groups excluding carboxylic acids is 1. The zero-order valence-electron chi connectivity index (χ0n) is 12.8. The molecule has 0 spiro atoms. The molecule has 0 radical (unpaired) electrons. The fourth-order valence-corrected chi connectivity index (χ4v) is 3.04. The van der Waals surface area contributed by atoms with Crippen LogP contribution < -0.4 is 0 Å². The van der Waals surface area contributed by atoms with Crippen molar-refractivity contribution in [1.29, 1.82) is 0 Å². The number of Topliss-reactive ketones (excluding diaryl/α,β-unsaturated/α-hetero) is 1. The van der Waals surface area contributed by atoms with Gasteiger partial charge in [0.1, 0.15) is 0 Å². The molecule has 0 saturated heterocycles. The molecule has 0 N–H and O–H groups in total. The van der Waals surface area contributed by atoms with Gasteiger partial charge in [-0.2, -0.15) is 0 Å². The Balaban J connectivity index is 2.15. The van der Waals surface area contributed by atoms with Gasteiger partial charge in [-0.1, -0.05) is 54.6 Å². The summed E-state index contributed by atoms with van der Waals surface area (Å²) in [5.41, 5.74) is 4.85. The third-order valence-electron chi connectivity index (χ3n) is 4.15. The molecule has 0 atom stereocenters. The average Bonchev–Trinajstić information content (AvgIpc) is 2.59. The Morgan fingerprint density at radius 1 is 0.783 bits per heavy atom. The van der Waals surface area contributed by atoms with Crippen molar-refractivity contribution >= 4 is 27.6 Å². The predicted molar refractivity (Wildman–Crippen MR) is 94.7 cm³/mol. The molecule has 2 nitrogen and oxygen atoms in total. The number of ketones is 1. The number of pyridine rings is 1. The number of carbonyl (C=O) groups is 1. The Bertz CT molecular complexity index is 996. The largest absolute Gasteiger partial charge is 0.295 e. The van der Waals surface area contributed by atoms with E-state index in [1.807, 2.05) is 54.6 Å². The maximum absolute atomic E-state index is 11.7. The molecule has 0 bridgehead atoms. The number of para-hydroxylation sites is 2. The lowest BCUT2D eigenvalue weighted by molar-refractivity contribution is 0.101. The van der Waals surface area contributed by atoms with Gasteiger partial charge >= 0.3 is 0 Å². The summed E-state index contributed by atoms with van der Waals surface area (Å²) in [7, 11) is 0. The molecule has 3 aromatic carbocycles. The fourth-order valence-electron chi connectivity index (χ4n) is 3.04. The van der Waals surface area contributed by atoms with Crippen LogP contribution in [-0.4, -0.2) is 10.8 Å². The molecule has 0 amide bonds. The summed E-state index contributed by atoms with van der Waals surface area (Å²) < 4.78 is 0. The van der Waals surface area contributed by atoms with Crippen LogP contribution in [0.1, 0.15) is 17.3 Å². The van der Waals surface area contributed by atoms with Gasteiger partial charge in [0, 0.05) is 21.9 Å². The van der Waals surface area contributed by atoms with Gasteiger partial charge in [0.2, 0.25) is 0 Å². The second-order valence-corrected chi connectivity index (χ2v) is 5.66. The van der Waals surface area contributed by atoms with Crippen molar-refractivity contribution in [3.05, 3.63) is 78.4 Å². The zero-order valence-corrected chi connectivity index (χ0v) is 12.8. The lowest BCUT2D eigenvalue weighted by Gasteiger charge is -2.12. The van der Waals surface area contributed by atoms with E-state index in [1.54, 1.807) is 6.92 Å². The topological polar surface area (TPSA) is 30.0 Å². The molecule has 0 aliphatic carbocycles. The predicted octanol–water partition coefficient (Wildman–Crippen LogP) is 5.26. The molecule has 0 unspecified atom stereocenters. The Hall–Kier alpha value is -3.00. The van der Waals surface area contributed by atoms with Crippen LogP contribution >= 0.6 is 0 Å². The minimum atomic E-state index is 0.0783.